The second-order valence-corrected chi connectivity index (χ2v) is 3.18. The van der Waals surface area contributed by atoms with Crippen LogP contribution in [0, 0.1) is 12.3 Å². The number of nitrogens with one attached hydrogen (secondary N) is 1. The van der Waals surface area contributed by atoms with Crippen LogP contribution in [0.3, 0.4) is 0 Å². The van der Waals surface area contributed by atoms with Crippen molar-refractivity contribution in [1.82, 2.24) is 9.97 Å². The Hall–Kier alpha value is -1.79. The lowest BCUT2D eigenvalue weighted by Crippen LogP contribution is -2.09. The van der Waals surface area contributed by atoms with Crippen LogP contribution in [0.25, 0.3) is 11.0 Å². The molecular formula is C10H5ClN2O. The summed E-state index contributed by atoms with van der Waals surface area (Å²) in [5.74, 6) is 2.29. The minimum Gasteiger partial charge on any atom is -0.305 e. The van der Waals surface area contributed by atoms with Crippen molar-refractivity contribution in [1.29, 1.82) is 0 Å². The van der Waals surface area contributed by atoms with Crippen molar-refractivity contribution in [2.45, 2.75) is 0 Å². The van der Waals surface area contributed by atoms with E-state index in [-0.39, 0.29) is 11.1 Å². The summed E-state index contributed by atoms with van der Waals surface area (Å²) in [5, 5.41) is 1.23. The molecule has 0 bridgehead atoms. The number of pyridine rings is 2. The molecule has 0 saturated carbocycles. The number of H-pyrrole nitrogens is 1. The molecule has 0 aromatic carbocycles. The molecule has 14 heavy (non-hydrogen) atoms. The average molecular weight is 205 g/mol. The van der Waals surface area contributed by atoms with Crippen LogP contribution in [-0.2, 0) is 0 Å². The average Bonchev–Trinajstić information content (AvgIpc) is 2.17. The Kier molecular flexibility index (Phi) is 1.99. The Bertz CT molecular complexity index is 595. The Morgan fingerprint density at radius 1 is 1.50 bits per heavy atom. The third-order valence-corrected chi connectivity index (χ3v) is 2.02. The van der Waals surface area contributed by atoms with Gasteiger partial charge in [-0.25, -0.2) is 4.98 Å². The highest BCUT2D eigenvalue weighted by atomic mass is 35.5. The van der Waals surface area contributed by atoms with Crippen molar-refractivity contribution < 1.29 is 0 Å². The fourth-order valence-corrected chi connectivity index (χ4v) is 1.34. The highest BCUT2D eigenvalue weighted by Crippen LogP contribution is 2.14. The van der Waals surface area contributed by atoms with Gasteiger partial charge in [0.1, 0.15) is 5.65 Å². The van der Waals surface area contributed by atoms with Gasteiger partial charge in [0.15, 0.2) is 0 Å². The first-order valence-corrected chi connectivity index (χ1v) is 4.23. The van der Waals surface area contributed by atoms with Gasteiger partial charge in [-0.3, -0.25) is 4.79 Å². The molecular weight excluding hydrogens is 200 g/mol. The van der Waals surface area contributed by atoms with Gasteiger partial charge in [-0.15, -0.1) is 6.42 Å². The molecule has 0 amide bonds. The zero-order valence-electron chi connectivity index (χ0n) is 7.04. The quantitative estimate of drug-likeness (QED) is 0.662. The molecule has 0 aliphatic rings. The van der Waals surface area contributed by atoms with Gasteiger partial charge in [0.25, 0.3) is 5.56 Å². The normalized spacial score (nSPS) is 10.0. The lowest BCUT2D eigenvalue weighted by atomic mass is 10.2. The van der Waals surface area contributed by atoms with Crippen molar-refractivity contribution in [2.75, 3.05) is 0 Å². The van der Waals surface area contributed by atoms with Crippen LogP contribution in [0.1, 0.15) is 5.56 Å². The van der Waals surface area contributed by atoms with Gasteiger partial charge in [0, 0.05) is 11.6 Å². The van der Waals surface area contributed by atoms with Crippen molar-refractivity contribution in [3.8, 4) is 12.3 Å². The predicted molar refractivity (Wildman–Crippen MR) is 55.3 cm³/mol. The van der Waals surface area contributed by atoms with Gasteiger partial charge >= 0.3 is 0 Å². The van der Waals surface area contributed by atoms with E-state index in [2.05, 4.69) is 15.9 Å². The van der Waals surface area contributed by atoms with Crippen LogP contribution in [-0.4, -0.2) is 9.97 Å². The lowest BCUT2D eigenvalue weighted by molar-refractivity contribution is 1.22. The summed E-state index contributed by atoms with van der Waals surface area (Å²) in [6, 6.07) is 3.29. The second kappa shape index (κ2) is 3.17. The van der Waals surface area contributed by atoms with Crippen LogP contribution in [0.15, 0.2) is 23.1 Å². The van der Waals surface area contributed by atoms with Gasteiger partial charge in [-0.2, -0.15) is 0 Å². The molecule has 0 radical (unpaired) electrons. The molecule has 68 valence electrons. The number of rotatable bonds is 0. The number of aromatic amines is 1. The van der Waals surface area contributed by atoms with Crippen LogP contribution in [0.5, 0.6) is 0 Å². The molecule has 1 N–H and O–H groups in total. The zero-order valence-corrected chi connectivity index (χ0v) is 7.80. The minimum absolute atomic E-state index is 0.279. The SMILES string of the molecule is C#Cc1cc2cc(Cl)cnc2[nH]c1=O. The van der Waals surface area contributed by atoms with Gasteiger partial charge in [-0.05, 0) is 12.1 Å². The van der Waals surface area contributed by atoms with Crippen LogP contribution >= 0.6 is 11.6 Å². The van der Waals surface area contributed by atoms with E-state index >= 15 is 0 Å². The fourth-order valence-electron chi connectivity index (χ4n) is 1.17. The number of hydrogen-bond donors (Lipinski definition) is 1. The van der Waals surface area contributed by atoms with Gasteiger partial charge in [0.2, 0.25) is 0 Å². The molecule has 0 spiro atoms. The maximum absolute atomic E-state index is 11.3. The van der Waals surface area contributed by atoms with E-state index < -0.39 is 0 Å². The van der Waals surface area contributed by atoms with E-state index in [1.165, 1.54) is 6.20 Å². The van der Waals surface area contributed by atoms with E-state index in [4.69, 9.17) is 18.0 Å². The number of hydrogen-bond acceptors (Lipinski definition) is 2. The zero-order chi connectivity index (χ0) is 10.1. The van der Waals surface area contributed by atoms with Crippen LogP contribution < -0.4 is 5.56 Å². The van der Waals surface area contributed by atoms with Gasteiger partial charge < -0.3 is 4.98 Å². The maximum atomic E-state index is 11.3. The highest BCUT2D eigenvalue weighted by molar-refractivity contribution is 6.31. The van der Waals surface area contributed by atoms with E-state index in [0.29, 0.717) is 10.7 Å². The summed E-state index contributed by atoms with van der Waals surface area (Å²) in [5.41, 5.74) is 0.454. The largest absolute Gasteiger partial charge is 0.305 e. The molecule has 2 rings (SSSR count). The number of nitrogens with zero attached hydrogens (tertiary/aromatic N) is 1. The predicted octanol–water partition coefficient (Wildman–Crippen LogP) is 1.56. The molecule has 0 aliphatic heterocycles. The molecule has 4 heteroatoms. The number of fused-ring (bicyclic) bond motifs is 1. The summed E-state index contributed by atoms with van der Waals surface area (Å²) in [6.07, 6.45) is 6.62. The molecule has 0 saturated heterocycles. The Balaban J connectivity index is 2.89. The summed E-state index contributed by atoms with van der Waals surface area (Å²) in [7, 11) is 0. The van der Waals surface area contributed by atoms with Gasteiger partial charge in [-0.1, -0.05) is 17.5 Å². The molecule has 2 aromatic rings. The topological polar surface area (TPSA) is 45.8 Å². The summed E-state index contributed by atoms with van der Waals surface area (Å²) in [4.78, 5) is 17.8. The summed E-state index contributed by atoms with van der Waals surface area (Å²) >= 11 is 5.75. The first-order chi connectivity index (χ1) is 6.70. The standard InChI is InChI=1S/C10H5ClN2O/c1-2-6-3-7-4-8(11)5-12-9(7)13-10(6)14/h1,3-5H,(H,12,13,14). The van der Waals surface area contributed by atoms with E-state index in [0.717, 1.165) is 5.39 Å². The van der Waals surface area contributed by atoms with Crippen LogP contribution in [0.4, 0.5) is 0 Å². The van der Waals surface area contributed by atoms with Crippen molar-refractivity contribution in [2.24, 2.45) is 0 Å². The summed E-state index contributed by atoms with van der Waals surface area (Å²) in [6.45, 7) is 0. The first-order valence-electron chi connectivity index (χ1n) is 3.86. The Morgan fingerprint density at radius 2 is 2.29 bits per heavy atom. The minimum atomic E-state index is -0.310. The molecule has 0 unspecified atom stereocenters. The van der Waals surface area contributed by atoms with Crippen molar-refractivity contribution >= 4 is 22.6 Å². The fraction of sp³-hybridized carbons (Fsp3) is 0. The molecule has 2 heterocycles. The molecule has 2 aromatic heterocycles. The van der Waals surface area contributed by atoms with Gasteiger partial charge in [0.05, 0.1) is 10.6 Å². The van der Waals surface area contributed by atoms with E-state index in [1.54, 1.807) is 12.1 Å². The van der Waals surface area contributed by atoms with Crippen molar-refractivity contribution in [3.05, 3.63) is 39.3 Å². The third kappa shape index (κ3) is 1.36. The van der Waals surface area contributed by atoms with Crippen LogP contribution in [0.2, 0.25) is 5.02 Å². The summed E-state index contributed by atoms with van der Waals surface area (Å²) < 4.78 is 0. The number of aromatic nitrogens is 2. The van der Waals surface area contributed by atoms with Crippen molar-refractivity contribution in [3.63, 3.8) is 0 Å². The monoisotopic (exact) mass is 204 g/mol. The first kappa shape index (κ1) is 8.79. The smallest absolute Gasteiger partial charge is 0.265 e. The number of terminal acetylenes is 1. The van der Waals surface area contributed by atoms with E-state index in [1.807, 2.05) is 0 Å². The molecule has 3 nitrogen and oxygen atoms in total. The Morgan fingerprint density at radius 3 is 3.00 bits per heavy atom. The number of halogens is 1. The molecule has 0 atom stereocenters. The highest BCUT2D eigenvalue weighted by Gasteiger charge is 2.01. The Labute approximate surface area is 84.7 Å². The third-order valence-electron chi connectivity index (χ3n) is 1.82. The molecule has 0 aliphatic carbocycles. The lowest BCUT2D eigenvalue weighted by Gasteiger charge is -1.97. The maximum Gasteiger partial charge on any atom is 0.265 e. The molecule has 0 fully saturated rings. The van der Waals surface area contributed by atoms with E-state index in [9.17, 15) is 4.79 Å². The second-order valence-electron chi connectivity index (χ2n) is 2.75.